The molecule has 1 aliphatic rings. The minimum atomic E-state index is -0.709. The van der Waals surface area contributed by atoms with Gasteiger partial charge < -0.3 is 21.3 Å². The van der Waals surface area contributed by atoms with E-state index in [1.54, 1.807) is 4.90 Å². The number of benzene rings is 2. The number of nitrogens with one attached hydrogen (secondary N) is 2. The normalized spacial score (nSPS) is 15.9. The van der Waals surface area contributed by atoms with Crippen molar-refractivity contribution in [3.05, 3.63) is 48.0 Å². The fraction of sp³-hybridized carbons (Fsp3) is 0.552. The van der Waals surface area contributed by atoms with Crippen LogP contribution in [0.2, 0.25) is 0 Å². The summed E-state index contributed by atoms with van der Waals surface area (Å²) in [4.78, 5) is 41.3. The van der Waals surface area contributed by atoms with Crippen LogP contribution in [0.4, 0.5) is 0 Å². The van der Waals surface area contributed by atoms with Crippen molar-refractivity contribution in [2.45, 2.75) is 77.3 Å². The molecule has 204 valence electrons. The van der Waals surface area contributed by atoms with E-state index in [-0.39, 0.29) is 36.0 Å². The molecule has 1 saturated heterocycles. The second-order valence-corrected chi connectivity index (χ2v) is 9.79. The van der Waals surface area contributed by atoms with Crippen molar-refractivity contribution in [2.75, 3.05) is 19.6 Å². The van der Waals surface area contributed by atoms with Crippen molar-refractivity contribution in [1.29, 1.82) is 0 Å². The number of amides is 3. The molecule has 1 fully saturated rings. The highest BCUT2D eigenvalue weighted by atomic mass is 35.5. The minimum Gasteiger partial charge on any atom is -0.354 e. The number of carbonyl (C=O) groups is 3. The summed E-state index contributed by atoms with van der Waals surface area (Å²) in [5, 5.41) is 8.22. The Morgan fingerprint density at radius 1 is 1.03 bits per heavy atom. The fourth-order valence-corrected chi connectivity index (χ4v) is 5.04. The highest BCUT2D eigenvalue weighted by Crippen LogP contribution is 2.23. The molecule has 7 nitrogen and oxygen atoms in total. The van der Waals surface area contributed by atoms with Crippen LogP contribution < -0.4 is 16.4 Å². The number of nitrogens with zero attached hydrogens (tertiary/aromatic N) is 1. The lowest BCUT2D eigenvalue weighted by molar-refractivity contribution is -0.142. The van der Waals surface area contributed by atoms with Crippen LogP contribution in [0.5, 0.6) is 0 Å². The standard InChI is InChI=1S/C29H42N4O3.ClH/c1-3-22(4-2)29(36)33-18-10-13-26(33)28(35)32-25(27(34)31-17-9-5-8-16-30)20-21-14-15-23-11-6-7-12-24(23)19-21;/h6-7,11-12,14-15,19,22,25-26H,3-5,8-10,13,16-18,20,30H2,1-2H3,(H,31,34)(H,32,35);1H/t25-,26?;/m1./s1. The third-order valence-electron chi connectivity index (χ3n) is 7.24. The van der Waals surface area contributed by atoms with Gasteiger partial charge in [0.25, 0.3) is 0 Å². The van der Waals surface area contributed by atoms with Crippen LogP contribution in [0.25, 0.3) is 10.8 Å². The Hall–Kier alpha value is -2.64. The third kappa shape index (κ3) is 8.44. The van der Waals surface area contributed by atoms with Crippen molar-refractivity contribution < 1.29 is 14.4 Å². The fourth-order valence-electron chi connectivity index (χ4n) is 5.04. The van der Waals surface area contributed by atoms with Gasteiger partial charge in [0.1, 0.15) is 12.1 Å². The molecule has 3 amide bonds. The average molecular weight is 531 g/mol. The van der Waals surface area contributed by atoms with E-state index in [0.29, 0.717) is 32.5 Å². The first-order valence-electron chi connectivity index (χ1n) is 13.5. The van der Waals surface area contributed by atoms with E-state index < -0.39 is 12.1 Å². The largest absolute Gasteiger partial charge is 0.354 e. The molecule has 0 spiro atoms. The Bertz CT molecular complexity index is 1030. The van der Waals surface area contributed by atoms with Gasteiger partial charge in [0.2, 0.25) is 17.7 Å². The summed E-state index contributed by atoms with van der Waals surface area (Å²) >= 11 is 0. The first kappa shape index (κ1) is 30.6. The maximum atomic E-state index is 13.4. The van der Waals surface area contributed by atoms with E-state index in [1.165, 1.54) is 0 Å². The van der Waals surface area contributed by atoms with Gasteiger partial charge in [-0.25, -0.2) is 0 Å². The number of hydrogen-bond donors (Lipinski definition) is 3. The molecule has 0 bridgehead atoms. The maximum Gasteiger partial charge on any atom is 0.243 e. The molecule has 1 heterocycles. The predicted octanol–water partition coefficient (Wildman–Crippen LogP) is 3.96. The lowest BCUT2D eigenvalue weighted by Gasteiger charge is -2.29. The quantitative estimate of drug-likeness (QED) is 0.341. The number of fused-ring (bicyclic) bond motifs is 1. The van der Waals surface area contributed by atoms with Crippen LogP contribution in [-0.4, -0.2) is 54.3 Å². The van der Waals surface area contributed by atoms with Gasteiger partial charge in [0.15, 0.2) is 0 Å². The van der Waals surface area contributed by atoms with Gasteiger partial charge in [0, 0.05) is 25.4 Å². The molecular weight excluding hydrogens is 488 g/mol. The summed E-state index contributed by atoms with van der Waals surface area (Å²) in [6, 6.07) is 13.0. The average Bonchev–Trinajstić information content (AvgIpc) is 3.39. The molecular formula is C29H43ClN4O3. The second kappa shape index (κ2) is 15.6. The van der Waals surface area contributed by atoms with E-state index in [4.69, 9.17) is 5.73 Å². The molecule has 1 unspecified atom stereocenters. The van der Waals surface area contributed by atoms with E-state index in [2.05, 4.69) is 22.8 Å². The predicted molar refractivity (Wildman–Crippen MR) is 152 cm³/mol. The van der Waals surface area contributed by atoms with Crippen molar-refractivity contribution in [3.63, 3.8) is 0 Å². The first-order valence-corrected chi connectivity index (χ1v) is 13.5. The zero-order valence-electron chi connectivity index (χ0n) is 22.2. The minimum absolute atomic E-state index is 0. The maximum absolute atomic E-state index is 13.4. The lowest BCUT2D eigenvalue weighted by Crippen LogP contribution is -2.54. The molecule has 2 aromatic rings. The van der Waals surface area contributed by atoms with Crippen LogP contribution in [-0.2, 0) is 20.8 Å². The first-order chi connectivity index (χ1) is 17.5. The number of hydrogen-bond acceptors (Lipinski definition) is 4. The lowest BCUT2D eigenvalue weighted by atomic mass is 10.00. The zero-order chi connectivity index (χ0) is 25.9. The molecule has 8 heteroatoms. The molecule has 0 aliphatic carbocycles. The number of rotatable bonds is 13. The SMILES string of the molecule is CCC(CC)C(=O)N1CCCC1C(=O)N[C@H](Cc1ccc2ccccc2c1)C(=O)NCCCCCN.Cl. The summed E-state index contributed by atoms with van der Waals surface area (Å²) in [5.41, 5.74) is 6.54. The summed E-state index contributed by atoms with van der Waals surface area (Å²) in [6.07, 6.45) is 6.06. The molecule has 0 saturated carbocycles. The number of unbranched alkanes of at least 4 members (excludes halogenated alkanes) is 2. The van der Waals surface area contributed by atoms with E-state index >= 15 is 0 Å². The number of halogens is 1. The van der Waals surface area contributed by atoms with E-state index in [0.717, 1.165) is 54.9 Å². The van der Waals surface area contributed by atoms with Gasteiger partial charge in [-0.3, -0.25) is 14.4 Å². The monoisotopic (exact) mass is 530 g/mol. The van der Waals surface area contributed by atoms with Crippen LogP contribution in [0, 0.1) is 5.92 Å². The van der Waals surface area contributed by atoms with Crippen molar-refractivity contribution >= 4 is 40.9 Å². The van der Waals surface area contributed by atoms with Gasteiger partial charge in [-0.1, -0.05) is 62.7 Å². The van der Waals surface area contributed by atoms with E-state index in [9.17, 15) is 14.4 Å². The molecule has 0 radical (unpaired) electrons. The summed E-state index contributed by atoms with van der Waals surface area (Å²) in [5.74, 6) is -0.451. The number of carbonyl (C=O) groups excluding carboxylic acids is 3. The van der Waals surface area contributed by atoms with Crippen molar-refractivity contribution in [1.82, 2.24) is 15.5 Å². The van der Waals surface area contributed by atoms with Crippen LogP contribution in [0.15, 0.2) is 42.5 Å². The van der Waals surface area contributed by atoms with Gasteiger partial charge in [-0.2, -0.15) is 0 Å². The summed E-state index contributed by atoms with van der Waals surface area (Å²) < 4.78 is 0. The smallest absolute Gasteiger partial charge is 0.243 e. The van der Waals surface area contributed by atoms with Crippen molar-refractivity contribution in [3.8, 4) is 0 Å². The van der Waals surface area contributed by atoms with Crippen LogP contribution >= 0.6 is 12.4 Å². The highest BCUT2D eigenvalue weighted by Gasteiger charge is 2.37. The van der Waals surface area contributed by atoms with Crippen LogP contribution in [0.1, 0.15) is 64.4 Å². The Balaban J connectivity index is 0.00000481. The molecule has 0 aromatic heterocycles. The van der Waals surface area contributed by atoms with Gasteiger partial charge in [-0.15, -0.1) is 12.4 Å². The topological polar surface area (TPSA) is 105 Å². The Kier molecular flexibility index (Phi) is 12.9. The molecule has 37 heavy (non-hydrogen) atoms. The second-order valence-electron chi connectivity index (χ2n) is 9.79. The number of likely N-dealkylation sites (tertiary alicyclic amines) is 1. The molecule has 1 aliphatic heterocycles. The Morgan fingerprint density at radius 3 is 2.46 bits per heavy atom. The summed E-state index contributed by atoms with van der Waals surface area (Å²) in [7, 11) is 0. The zero-order valence-corrected chi connectivity index (χ0v) is 23.0. The number of nitrogens with two attached hydrogens (primary N) is 1. The molecule has 2 atom stereocenters. The molecule has 3 rings (SSSR count). The van der Waals surface area contributed by atoms with E-state index in [1.807, 2.05) is 44.2 Å². The third-order valence-corrected chi connectivity index (χ3v) is 7.24. The molecule has 4 N–H and O–H groups in total. The van der Waals surface area contributed by atoms with Gasteiger partial charge in [-0.05, 0) is 61.4 Å². The van der Waals surface area contributed by atoms with Crippen LogP contribution in [0.3, 0.4) is 0 Å². The highest BCUT2D eigenvalue weighted by molar-refractivity contribution is 5.93. The Morgan fingerprint density at radius 2 is 1.76 bits per heavy atom. The van der Waals surface area contributed by atoms with Gasteiger partial charge >= 0.3 is 0 Å². The van der Waals surface area contributed by atoms with Gasteiger partial charge in [0.05, 0.1) is 0 Å². The van der Waals surface area contributed by atoms with Crippen molar-refractivity contribution in [2.24, 2.45) is 11.7 Å². The molecule has 2 aromatic carbocycles. The summed E-state index contributed by atoms with van der Waals surface area (Å²) in [6.45, 7) is 5.80. The Labute approximate surface area is 227 Å².